The van der Waals surface area contributed by atoms with Gasteiger partial charge in [-0.05, 0) is 36.1 Å². The Morgan fingerprint density at radius 2 is 1.86 bits per heavy atom. The smallest absolute Gasteiger partial charge is 0.260 e. The monoisotopic (exact) mass is 287 g/mol. The van der Waals surface area contributed by atoms with E-state index < -0.39 is 0 Å². The number of halogens is 1. The van der Waals surface area contributed by atoms with E-state index in [-0.39, 0.29) is 23.5 Å². The maximum Gasteiger partial charge on any atom is 0.260 e. The molecule has 21 heavy (non-hydrogen) atoms. The Labute approximate surface area is 124 Å². The average Bonchev–Trinajstić information content (AvgIpc) is 2.85. The van der Waals surface area contributed by atoms with E-state index in [1.165, 1.54) is 4.57 Å². The van der Waals surface area contributed by atoms with Crippen LogP contribution in [0.5, 0.6) is 0 Å². The zero-order valence-electron chi connectivity index (χ0n) is 12.9. The SMILES string of the molecule is CC(C)c1c(F)n([C@H]2CCC[C@H]2C)c(=O)c2ccccc12. The Morgan fingerprint density at radius 3 is 2.43 bits per heavy atom. The van der Waals surface area contributed by atoms with Gasteiger partial charge in [0.05, 0.1) is 0 Å². The number of rotatable bonds is 2. The number of nitrogens with zero attached hydrogens (tertiary/aromatic N) is 1. The summed E-state index contributed by atoms with van der Waals surface area (Å²) in [5.74, 6) is 0.0873. The predicted octanol–water partition coefficient (Wildman–Crippen LogP) is 4.63. The van der Waals surface area contributed by atoms with Crippen LogP contribution in [0.1, 0.15) is 57.6 Å². The second-order valence-corrected chi connectivity index (χ2v) is 6.56. The van der Waals surface area contributed by atoms with Crippen molar-refractivity contribution < 1.29 is 4.39 Å². The number of pyridine rings is 1. The molecule has 1 fully saturated rings. The molecule has 2 nitrogen and oxygen atoms in total. The first kappa shape index (κ1) is 14.3. The normalized spacial score (nSPS) is 22.3. The highest BCUT2D eigenvalue weighted by atomic mass is 19.1. The third-order valence-corrected chi connectivity index (χ3v) is 4.83. The summed E-state index contributed by atoms with van der Waals surface area (Å²) in [6.07, 6.45) is 3.04. The highest BCUT2D eigenvalue weighted by Crippen LogP contribution is 2.37. The van der Waals surface area contributed by atoms with E-state index in [2.05, 4.69) is 6.92 Å². The predicted molar refractivity (Wildman–Crippen MR) is 84.3 cm³/mol. The molecule has 1 aliphatic carbocycles. The molecule has 0 aliphatic heterocycles. The molecule has 2 atom stereocenters. The Hall–Kier alpha value is -1.64. The first-order valence-electron chi connectivity index (χ1n) is 7.85. The van der Waals surface area contributed by atoms with Crippen molar-refractivity contribution in [1.29, 1.82) is 0 Å². The van der Waals surface area contributed by atoms with Crippen LogP contribution in [0.2, 0.25) is 0 Å². The van der Waals surface area contributed by atoms with Gasteiger partial charge in [-0.3, -0.25) is 9.36 Å². The maximum absolute atomic E-state index is 15.1. The van der Waals surface area contributed by atoms with Gasteiger partial charge in [0.25, 0.3) is 5.56 Å². The quantitative estimate of drug-likeness (QED) is 0.738. The summed E-state index contributed by atoms with van der Waals surface area (Å²) in [6, 6.07) is 7.40. The van der Waals surface area contributed by atoms with Gasteiger partial charge in [-0.15, -0.1) is 0 Å². The fourth-order valence-electron chi connectivity index (χ4n) is 3.72. The molecule has 112 valence electrons. The molecule has 1 aromatic carbocycles. The molecule has 0 unspecified atom stereocenters. The number of aromatic nitrogens is 1. The van der Waals surface area contributed by atoms with Crippen molar-refractivity contribution in [2.24, 2.45) is 5.92 Å². The molecule has 1 saturated carbocycles. The van der Waals surface area contributed by atoms with Crippen molar-refractivity contribution in [1.82, 2.24) is 4.57 Å². The Kier molecular flexibility index (Phi) is 3.60. The molecule has 3 heteroatoms. The lowest BCUT2D eigenvalue weighted by molar-refractivity contribution is 0.339. The topological polar surface area (TPSA) is 22.0 Å². The minimum atomic E-state index is -0.326. The summed E-state index contributed by atoms with van der Waals surface area (Å²) < 4.78 is 16.5. The zero-order chi connectivity index (χ0) is 15.1. The minimum absolute atomic E-state index is 0.000365. The largest absolute Gasteiger partial charge is 0.281 e. The number of hydrogen-bond acceptors (Lipinski definition) is 1. The lowest BCUT2D eigenvalue weighted by atomic mass is 9.96. The van der Waals surface area contributed by atoms with Crippen molar-refractivity contribution in [2.75, 3.05) is 0 Å². The third-order valence-electron chi connectivity index (χ3n) is 4.83. The van der Waals surface area contributed by atoms with Crippen LogP contribution in [-0.4, -0.2) is 4.57 Å². The second kappa shape index (κ2) is 5.28. The number of hydrogen-bond donors (Lipinski definition) is 0. The molecule has 2 aromatic rings. The summed E-state index contributed by atoms with van der Waals surface area (Å²) in [6.45, 7) is 6.09. The van der Waals surface area contributed by atoms with Crippen molar-refractivity contribution in [3.05, 3.63) is 46.1 Å². The molecule has 3 rings (SSSR count). The van der Waals surface area contributed by atoms with Crippen LogP contribution in [0.3, 0.4) is 0 Å². The Bertz CT molecular complexity index is 732. The van der Waals surface area contributed by atoms with Crippen LogP contribution in [0, 0.1) is 11.9 Å². The Morgan fingerprint density at radius 1 is 1.19 bits per heavy atom. The maximum atomic E-state index is 15.1. The number of fused-ring (bicyclic) bond motifs is 1. The molecule has 1 aliphatic rings. The molecule has 0 bridgehead atoms. The summed E-state index contributed by atoms with van der Waals surface area (Å²) >= 11 is 0. The second-order valence-electron chi connectivity index (χ2n) is 6.56. The van der Waals surface area contributed by atoms with Crippen LogP contribution < -0.4 is 5.56 Å². The summed E-state index contributed by atoms with van der Waals surface area (Å²) in [4.78, 5) is 12.8. The average molecular weight is 287 g/mol. The molecule has 0 amide bonds. The zero-order valence-corrected chi connectivity index (χ0v) is 12.9. The molecular formula is C18H22FNO. The number of benzene rings is 1. The van der Waals surface area contributed by atoms with Gasteiger partial charge >= 0.3 is 0 Å². The van der Waals surface area contributed by atoms with Gasteiger partial charge in [-0.2, -0.15) is 4.39 Å². The van der Waals surface area contributed by atoms with Gasteiger partial charge < -0.3 is 0 Å². The van der Waals surface area contributed by atoms with E-state index in [4.69, 9.17) is 0 Å². The molecule has 0 saturated heterocycles. The van der Waals surface area contributed by atoms with Gasteiger partial charge in [0.1, 0.15) is 0 Å². The van der Waals surface area contributed by atoms with Crippen LogP contribution in [0.15, 0.2) is 29.1 Å². The fourth-order valence-corrected chi connectivity index (χ4v) is 3.72. The van der Waals surface area contributed by atoms with E-state index in [0.717, 1.165) is 24.6 Å². The Balaban J connectivity index is 2.37. The van der Waals surface area contributed by atoms with Crippen molar-refractivity contribution >= 4 is 10.8 Å². The van der Waals surface area contributed by atoms with Crippen LogP contribution in [0.25, 0.3) is 10.8 Å². The van der Waals surface area contributed by atoms with E-state index in [1.54, 1.807) is 0 Å². The lowest BCUT2D eigenvalue weighted by Gasteiger charge is -2.23. The summed E-state index contributed by atoms with van der Waals surface area (Å²) in [7, 11) is 0. The first-order chi connectivity index (χ1) is 10.0. The van der Waals surface area contributed by atoms with Gasteiger partial charge in [-0.1, -0.05) is 45.4 Å². The third kappa shape index (κ3) is 2.19. The molecule has 1 aromatic heterocycles. The van der Waals surface area contributed by atoms with Gasteiger partial charge in [0.15, 0.2) is 0 Å². The highest BCUT2D eigenvalue weighted by Gasteiger charge is 2.30. The first-order valence-corrected chi connectivity index (χ1v) is 7.85. The highest BCUT2D eigenvalue weighted by molar-refractivity contribution is 5.85. The van der Waals surface area contributed by atoms with Gasteiger partial charge in [0, 0.05) is 17.0 Å². The van der Waals surface area contributed by atoms with E-state index >= 15 is 4.39 Å². The van der Waals surface area contributed by atoms with Crippen molar-refractivity contribution in [3.8, 4) is 0 Å². The summed E-state index contributed by atoms with van der Waals surface area (Å²) in [5, 5.41) is 1.40. The van der Waals surface area contributed by atoms with Crippen molar-refractivity contribution in [3.63, 3.8) is 0 Å². The van der Waals surface area contributed by atoms with Gasteiger partial charge in [-0.25, -0.2) is 0 Å². The van der Waals surface area contributed by atoms with Crippen molar-refractivity contribution in [2.45, 2.75) is 52.0 Å². The fraction of sp³-hybridized carbons (Fsp3) is 0.500. The van der Waals surface area contributed by atoms with E-state index in [0.29, 0.717) is 16.9 Å². The van der Waals surface area contributed by atoms with Crippen LogP contribution in [0.4, 0.5) is 4.39 Å². The molecule has 1 heterocycles. The molecule has 0 N–H and O–H groups in total. The van der Waals surface area contributed by atoms with Crippen LogP contribution >= 0.6 is 0 Å². The molecular weight excluding hydrogens is 265 g/mol. The van der Waals surface area contributed by atoms with E-state index in [9.17, 15) is 4.79 Å². The van der Waals surface area contributed by atoms with Gasteiger partial charge in [0.2, 0.25) is 5.95 Å². The minimum Gasteiger partial charge on any atom is -0.281 e. The summed E-state index contributed by atoms with van der Waals surface area (Å²) in [5.41, 5.74) is 0.496. The molecule has 0 spiro atoms. The lowest BCUT2D eigenvalue weighted by Crippen LogP contribution is -2.30. The van der Waals surface area contributed by atoms with Crippen LogP contribution in [-0.2, 0) is 0 Å². The standard InChI is InChI=1S/C18H22FNO/c1-11(2)16-13-8-4-5-9-14(13)18(21)20(17(16)19)15-10-6-7-12(15)3/h4-5,8-9,11-12,15H,6-7,10H2,1-3H3/t12-,15+/m1/s1. The van der Waals surface area contributed by atoms with E-state index in [1.807, 2.05) is 38.1 Å². The molecule has 0 radical (unpaired) electrons.